The van der Waals surface area contributed by atoms with Gasteiger partial charge < -0.3 is 5.32 Å². The third-order valence-electron chi connectivity index (χ3n) is 4.89. The van der Waals surface area contributed by atoms with Crippen molar-refractivity contribution in [2.24, 2.45) is 0 Å². The third kappa shape index (κ3) is 4.00. The van der Waals surface area contributed by atoms with Crippen molar-refractivity contribution in [1.82, 2.24) is 9.62 Å². The van der Waals surface area contributed by atoms with Crippen LogP contribution in [0.15, 0.2) is 53.4 Å². The molecule has 0 bridgehead atoms. The number of benzene rings is 2. The maximum atomic E-state index is 13.0. The van der Waals surface area contributed by atoms with Gasteiger partial charge in [0.25, 0.3) is 10.0 Å². The Hall–Kier alpha value is -2.34. The second-order valence-corrected chi connectivity index (χ2v) is 9.92. The van der Waals surface area contributed by atoms with Crippen LogP contribution in [0.1, 0.15) is 37.5 Å². The highest BCUT2D eigenvalue weighted by atomic mass is 32.2. The molecule has 144 valence electrons. The van der Waals surface area contributed by atoms with E-state index >= 15 is 0 Å². The van der Waals surface area contributed by atoms with E-state index in [1.54, 1.807) is 24.3 Å². The summed E-state index contributed by atoms with van der Waals surface area (Å²) in [6, 6.07) is 13.7. The molecule has 1 saturated heterocycles. The van der Waals surface area contributed by atoms with Gasteiger partial charge in [0, 0.05) is 6.54 Å². The summed E-state index contributed by atoms with van der Waals surface area (Å²) >= 11 is 0. The van der Waals surface area contributed by atoms with E-state index in [0.717, 1.165) is 15.4 Å². The second-order valence-electron chi connectivity index (χ2n) is 8.10. The van der Waals surface area contributed by atoms with Crippen molar-refractivity contribution < 1.29 is 13.2 Å². The number of hydrogen-bond donors (Lipinski definition) is 1. The van der Waals surface area contributed by atoms with E-state index in [2.05, 4.69) is 38.2 Å². The van der Waals surface area contributed by atoms with E-state index in [4.69, 9.17) is 0 Å². The van der Waals surface area contributed by atoms with Crippen LogP contribution in [0, 0.1) is 6.92 Å². The van der Waals surface area contributed by atoms with Gasteiger partial charge in [-0.1, -0.05) is 62.7 Å². The minimum atomic E-state index is -3.88. The second kappa shape index (κ2) is 7.00. The zero-order valence-electron chi connectivity index (χ0n) is 16.2. The molecule has 2 aromatic carbocycles. The molecule has 1 fully saturated rings. The number of carbonyl (C=O) groups excluding carboxylic acids is 1. The number of hydrogen-bond acceptors (Lipinski definition) is 3. The standard InChI is InChI=1S/C21H26N2O3S/c1-15-5-11-19(12-6-15)27(25,26)23-18(14-22-20(23)24)13-16-7-9-17(10-8-16)21(2,3)4/h5-12,18H,13-14H2,1-4H3,(H,22,24). The highest BCUT2D eigenvalue weighted by Crippen LogP contribution is 2.26. The third-order valence-corrected chi connectivity index (χ3v) is 6.74. The van der Waals surface area contributed by atoms with Crippen LogP contribution in [0.4, 0.5) is 4.79 Å². The molecule has 1 atom stereocenters. The Kier molecular flexibility index (Phi) is 5.04. The maximum absolute atomic E-state index is 13.0. The molecule has 1 N–H and O–H groups in total. The minimum Gasteiger partial charge on any atom is -0.335 e. The van der Waals surface area contributed by atoms with E-state index < -0.39 is 22.1 Å². The van der Waals surface area contributed by atoms with Crippen LogP contribution in [0.25, 0.3) is 0 Å². The molecular weight excluding hydrogens is 360 g/mol. The van der Waals surface area contributed by atoms with E-state index in [0.29, 0.717) is 13.0 Å². The topological polar surface area (TPSA) is 66.5 Å². The summed E-state index contributed by atoms with van der Waals surface area (Å²) in [5, 5.41) is 2.67. The first kappa shape index (κ1) is 19.4. The number of amides is 2. The zero-order valence-corrected chi connectivity index (χ0v) is 17.0. The molecule has 0 saturated carbocycles. The molecule has 1 aliphatic rings. The zero-order chi connectivity index (χ0) is 19.8. The van der Waals surface area contributed by atoms with Crippen LogP contribution in [-0.4, -0.2) is 31.3 Å². The molecule has 0 aliphatic carbocycles. The normalized spacial score (nSPS) is 17.9. The van der Waals surface area contributed by atoms with Gasteiger partial charge in [0.15, 0.2) is 0 Å². The maximum Gasteiger partial charge on any atom is 0.331 e. The fraction of sp³-hybridized carbons (Fsp3) is 0.381. The van der Waals surface area contributed by atoms with Crippen molar-refractivity contribution >= 4 is 16.1 Å². The molecule has 1 aliphatic heterocycles. The smallest absolute Gasteiger partial charge is 0.331 e. The summed E-state index contributed by atoms with van der Waals surface area (Å²) in [6.07, 6.45) is 0.480. The average Bonchev–Trinajstić information content (AvgIpc) is 2.96. The van der Waals surface area contributed by atoms with Gasteiger partial charge in [0.2, 0.25) is 0 Å². The highest BCUT2D eigenvalue weighted by Gasteiger charge is 2.40. The molecule has 0 aromatic heterocycles. The van der Waals surface area contributed by atoms with Gasteiger partial charge in [-0.15, -0.1) is 0 Å². The van der Waals surface area contributed by atoms with Crippen molar-refractivity contribution in [3.8, 4) is 0 Å². The van der Waals surface area contributed by atoms with Crippen LogP contribution in [-0.2, 0) is 21.9 Å². The Bertz CT molecular complexity index is 927. The van der Waals surface area contributed by atoms with Crippen LogP contribution < -0.4 is 5.32 Å². The van der Waals surface area contributed by atoms with Crippen LogP contribution in [0.5, 0.6) is 0 Å². The van der Waals surface area contributed by atoms with Crippen molar-refractivity contribution in [2.45, 2.75) is 50.5 Å². The fourth-order valence-corrected chi connectivity index (χ4v) is 4.76. The molecule has 1 heterocycles. The Morgan fingerprint density at radius 2 is 1.63 bits per heavy atom. The van der Waals surface area contributed by atoms with Gasteiger partial charge in [0.1, 0.15) is 0 Å². The SMILES string of the molecule is Cc1ccc(S(=O)(=O)N2C(=O)NCC2Cc2ccc(C(C)(C)C)cc2)cc1. The number of carbonyl (C=O) groups is 1. The summed E-state index contributed by atoms with van der Waals surface area (Å²) in [4.78, 5) is 12.4. The summed E-state index contributed by atoms with van der Waals surface area (Å²) in [5.74, 6) is 0. The number of nitrogens with zero attached hydrogens (tertiary/aromatic N) is 1. The van der Waals surface area contributed by atoms with Crippen molar-refractivity contribution in [1.29, 1.82) is 0 Å². The van der Waals surface area contributed by atoms with E-state index in [1.165, 1.54) is 5.56 Å². The van der Waals surface area contributed by atoms with Gasteiger partial charge in [0.05, 0.1) is 10.9 Å². The Balaban J connectivity index is 1.85. The Labute approximate surface area is 161 Å². The molecule has 2 amide bonds. The summed E-state index contributed by atoms with van der Waals surface area (Å²) in [5.41, 5.74) is 3.25. The van der Waals surface area contributed by atoms with Gasteiger partial charge in [-0.05, 0) is 42.0 Å². The molecule has 5 nitrogen and oxygen atoms in total. The number of rotatable bonds is 4. The van der Waals surface area contributed by atoms with Crippen molar-refractivity contribution in [2.75, 3.05) is 6.54 Å². The Morgan fingerprint density at radius 1 is 1.04 bits per heavy atom. The molecule has 3 rings (SSSR count). The summed E-state index contributed by atoms with van der Waals surface area (Å²) in [6.45, 7) is 8.65. The van der Waals surface area contributed by atoms with E-state index in [1.807, 2.05) is 19.1 Å². The summed E-state index contributed by atoms with van der Waals surface area (Å²) < 4.78 is 27.0. The molecule has 0 spiro atoms. The highest BCUT2D eigenvalue weighted by molar-refractivity contribution is 7.89. The monoisotopic (exact) mass is 386 g/mol. The van der Waals surface area contributed by atoms with Gasteiger partial charge >= 0.3 is 6.03 Å². The molecule has 0 radical (unpaired) electrons. The fourth-order valence-electron chi connectivity index (χ4n) is 3.23. The summed E-state index contributed by atoms with van der Waals surface area (Å²) in [7, 11) is -3.88. The predicted molar refractivity (Wildman–Crippen MR) is 106 cm³/mol. The lowest BCUT2D eigenvalue weighted by atomic mass is 9.86. The molecule has 27 heavy (non-hydrogen) atoms. The molecule has 2 aromatic rings. The van der Waals surface area contributed by atoms with Gasteiger partial charge in [-0.3, -0.25) is 0 Å². The Morgan fingerprint density at radius 3 is 2.19 bits per heavy atom. The average molecular weight is 387 g/mol. The molecular formula is C21H26N2O3S. The van der Waals surface area contributed by atoms with Crippen LogP contribution >= 0.6 is 0 Å². The van der Waals surface area contributed by atoms with Crippen LogP contribution in [0.2, 0.25) is 0 Å². The lowest BCUT2D eigenvalue weighted by molar-refractivity contribution is 0.231. The van der Waals surface area contributed by atoms with Gasteiger partial charge in [-0.25, -0.2) is 17.5 Å². The first-order valence-electron chi connectivity index (χ1n) is 9.07. The first-order chi connectivity index (χ1) is 12.6. The number of sulfonamides is 1. The quantitative estimate of drug-likeness (QED) is 0.873. The largest absolute Gasteiger partial charge is 0.335 e. The van der Waals surface area contributed by atoms with Crippen LogP contribution in [0.3, 0.4) is 0 Å². The number of nitrogens with one attached hydrogen (secondary N) is 1. The van der Waals surface area contributed by atoms with E-state index in [9.17, 15) is 13.2 Å². The molecule has 6 heteroatoms. The number of aryl methyl sites for hydroxylation is 1. The lowest BCUT2D eigenvalue weighted by Gasteiger charge is -2.23. The van der Waals surface area contributed by atoms with Crippen molar-refractivity contribution in [3.63, 3.8) is 0 Å². The first-order valence-corrected chi connectivity index (χ1v) is 10.5. The van der Waals surface area contributed by atoms with Gasteiger partial charge in [-0.2, -0.15) is 0 Å². The van der Waals surface area contributed by atoms with Crippen molar-refractivity contribution in [3.05, 3.63) is 65.2 Å². The lowest BCUT2D eigenvalue weighted by Crippen LogP contribution is -2.40. The number of urea groups is 1. The molecule has 1 unspecified atom stereocenters. The minimum absolute atomic E-state index is 0.0597. The van der Waals surface area contributed by atoms with E-state index in [-0.39, 0.29) is 10.3 Å². The predicted octanol–water partition coefficient (Wildman–Crippen LogP) is 3.62.